The molecule has 0 rings (SSSR count). The van der Waals surface area contributed by atoms with Crippen LogP contribution in [0.4, 0.5) is 0 Å². The predicted molar refractivity (Wildman–Crippen MR) is 201 cm³/mol. The highest BCUT2D eigenvalue weighted by molar-refractivity contribution is 5.69. The molecular weight excluding hydrogens is 656 g/mol. The van der Waals surface area contributed by atoms with E-state index >= 15 is 0 Å². The van der Waals surface area contributed by atoms with Gasteiger partial charge in [-0.1, -0.05) is 117 Å². The van der Waals surface area contributed by atoms with E-state index in [4.69, 9.17) is 42.6 Å². The molecule has 0 aliphatic rings. The Morgan fingerprint density at radius 2 is 0.471 bits per heavy atom. The summed E-state index contributed by atoms with van der Waals surface area (Å²) in [5.74, 6) is -0.290. The van der Waals surface area contributed by atoms with Crippen molar-refractivity contribution in [2.24, 2.45) is 0 Å². The number of ether oxygens (including phenoxy) is 9. The number of unbranched alkanes of at least 4 members (excludes halogenated alkanes) is 16. The van der Waals surface area contributed by atoms with Crippen LogP contribution in [0.5, 0.6) is 0 Å². The van der Waals surface area contributed by atoms with E-state index < -0.39 is 0 Å². The van der Waals surface area contributed by atoms with Gasteiger partial charge in [0.15, 0.2) is 0 Å². The van der Waals surface area contributed by atoms with Crippen LogP contribution >= 0.6 is 0 Å². The maximum absolute atomic E-state index is 11.9. The first-order valence-electron chi connectivity index (χ1n) is 20.6. The van der Waals surface area contributed by atoms with Crippen molar-refractivity contribution in [3.05, 3.63) is 0 Å². The molecule has 0 saturated heterocycles. The number of hydrogen-bond donors (Lipinski definition) is 0. The third-order valence-corrected chi connectivity index (χ3v) is 8.18. The Labute approximate surface area is 311 Å². The standard InChI is InChI=1S/C40H78O11/c1-3-5-7-8-9-10-11-12-13-14-15-16-17-18-20-22-40(42)51-38-36-49-34-32-47-30-28-45-26-24-43-23-25-44-27-29-46-31-33-48-35-37-50-39(41)21-19-6-4-2/h3-38H2,1-2H3. The molecule has 0 bridgehead atoms. The SMILES string of the molecule is CCCCCCCCCCCCCCCCCC(=O)OCCOCCOCCOCCOCCOCCOCCOCCOC(=O)CCCCC. The topological polar surface area (TPSA) is 117 Å². The van der Waals surface area contributed by atoms with Gasteiger partial charge in [0.25, 0.3) is 0 Å². The van der Waals surface area contributed by atoms with Crippen LogP contribution in [-0.4, -0.2) is 118 Å². The van der Waals surface area contributed by atoms with Crippen LogP contribution in [0.1, 0.15) is 142 Å². The molecule has 0 aromatic heterocycles. The maximum Gasteiger partial charge on any atom is 0.305 e. The molecule has 51 heavy (non-hydrogen) atoms. The molecule has 0 aliphatic heterocycles. The first-order valence-corrected chi connectivity index (χ1v) is 20.6. The zero-order valence-electron chi connectivity index (χ0n) is 32.9. The van der Waals surface area contributed by atoms with Crippen molar-refractivity contribution in [2.45, 2.75) is 142 Å². The van der Waals surface area contributed by atoms with Gasteiger partial charge in [0.1, 0.15) is 13.2 Å². The minimum atomic E-state index is -0.159. The average Bonchev–Trinajstić information content (AvgIpc) is 3.13. The highest BCUT2D eigenvalue weighted by Gasteiger charge is 2.04. The Morgan fingerprint density at radius 1 is 0.275 bits per heavy atom. The molecule has 304 valence electrons. The van der Waals surface area contributed by atoms with Gasteiger partial charge in [-0.25, -0.2) is 0 Å². The predicted octanol–water partition coefficient (Wildman–Crippen LogP) is 8.03. The van der Waals surface area contributed by atoms with E-state index in [0.717, 1.165) is 32.1 Å². The van der Waals surface area contributed by atoms with Crippen LogP contribution in [0.3, 0.4) is 0 Å². The fourth-order valence-electron chi connectivity index (χ4n) is 5.15. The van der Waals surface area contributed by atoms with Gasteiger partial charge in [-0.2, -0.15) is 0 Å². The molecule has 0 N–H and O–H groups in total. The van der Waals surface area contributed by atoms with Gasteiger partial charge in [0.2, 0.25) is 0 Å². The number of carbonyl (C=O) groups excluding carboxylic acids is 2. The second-order valence-electron chi connectivity index (χ2n) is 12.9. The molecule has 0 unspecified atom stereocenters. The molecule has 0 amide bonds. The summed E-state index contributed by atoms with van der Waals surface area (Å²) in [5.41, 5.74) is 0. The second kappa shape index (κ2) is 44.8. The molecule has 0 fully saturated rings. The Bertz CT molecular complexity index is 695. The van der Waals surface area contributed by atoms with Gasteiger partial charge in [0.05, 0.1) is 92.5 Å². The first kappa shape index (κ1) is 49.7. The molecule has 0 aromatic carbocycles. The summed E-state index contributed by atoms with van der Waals surface area (Å²) in [6.45, 7) is 11.5. The van der Waals surface area contributed by atoms with Crippen LogP contribution in [0, 0.1) is 0 Å². The Hall–Kier alpha value is -1.34. The molecule has 0 saturated carbocycles. The molecule has 0 radical (unpaired) electrons. The zero-order chi connectivity index (χ0) is 37.0. The highest BCUT2D eigenvalue weighted by Crippen LogP contribution is 2.14. The van der Waals surface area contributed by atoms with Gasteiger partial charge in [-0.3, -0.25) is 9.59 Å². The number of esters is 2. The maximum atomic E-state index is 11.9. The van der Waals surface area contributed by atoms with Gasteiger partial charge in [-0.05, 0) is 12.8 Å². The summed E-state index contributed by atoms with van der Waals surface area (Å²) >= 11 is 0. The third kappa shape index (κ3) is 44.7. The van der Waals surface area contributed by atoms with Crippen LogP contribution in [0.2, 0.25) is 0 Å². The lowest BCUT2D eigenvalue weighted by atomic mass is 10.0. The van der Waals surface area contributed by atoms with E-state index in [1.165, 1.54) is 83.5 Å². The molecule has 0 heterocycles. The molecule has 0 aliphatic carbocycles. The Kier molecular flexibility index (Phi) is 43.6. The lowest BCUT2D eigenvalue weighted by molar-refractivity contribution is -0.146. The van der Waals surface area contributed by atoms with Crippen LogP contribution < -0.4 is 0 Å². The number of rotatable bonds is 44. The molecule has 0 atom stereocenters. The van der Waals surface area contributed by atoms with Crippen LogP contribution in [0.25, 0.3) is 0 Å². The summed E-state index contributed by atoms with van der Waals surface area (Å²) in [5, 5.41) is 0. The van der Waals surface area contributed by atoms with E-state index in [2.05, 4.69) is 13.8 Å². The first-order chi connectivity index (χ1) is 25.2. The Morgan fingerprint density at radius 3 is 0.745 bits per heavy atom. The van der Waals surface area contributed by atoms with Crippen molar-refractivity contribution in [1.29, 1.82) is 0 Å². The van der Waals surface area contributed by atoms with Crippen molar-refractivity contribution in [3.63, 3.8) is 0 Å². The zero-order valence-corrected chi connectivity index (χ0v) is 32.9. The summed E-state index contributed by atoms with van der Waals surface area (Å²) < 4.78 is 48.6. The van der Waals surface area contributed by atoms with Gasteiger partial charge in [-0.15, -0.1) is 0 Å². The molecule has 0 spiro atoms. The van der Waals surface area contributed by atoms with E-state index in [-0.39, 0.29) is 25.2 Å². The number of carbonyl (C=O) groups is 2. The monoisotopic (exact) mass is 735 g/mol. The van der Waals surface area contributed by atoms with Gasteiger partial charge >= 0.3 is 11.9 Å². The van der Waals surface area contributed by atoms with Gasteiger partial charge < -0.3 is 42.6 Å². The summed E-state index contributed by atoms with van der Waals surface area (Å²) in [6.07, 6.45) is 23.7. The van der Waals surface area contributed by atoms with Crippen molar-refractivity contribution in [3.8, 4) is 0 Å². The summed E-state index contributed by atoms with van der Waals surface area (Å²) in [7, 11) is 0. The highest BCUT2D eigenvalue weighted by atomic mass is 16.6. The fourth-order valence-corrected chi connectivity index (χ4v) is 5.15. The van der Waals surface area contributed by atoms with Gasteiger partial charge in [0, 0.05) is 12.8 Å². The summed E-state index contributed by atoms with van der Waals surface area (Å²) in [6, 6.07) is 0. The second-order valence-corrected chi connectivity index (χ2v) is 12.9. The largest absolute Gasteiger partial charge is 0.463 e. The quantitative estimate of drug-likeness (QED) is 0.0447. The number of hydrogen-bond acceptors (Lipinski definition) is 11. The normalized spacial score (nSPS) is 11.3. The van der Waals surface area contributed by atoms with Crippen LogP contribution in [-0.2, 0) is 52.2 Å². The molecular formula is C40H78O11. The summed E-state index contributed by atoms with van der Waals surface area (Å²) in [4.78, 5) is 23.4. The molecule has 0 aromatic rings. The smallest absolute Gasteiger partial charge is 0.305 e. The van der Waals surface area contributed by atoms with Crippen molar-refractivity contribution >= 4 is 11.9 Å². The van der Waals surface area contributed by atoms with Crippen molar-refractivity contribution in [1.82, 2.24) is 0 Å². The molecule has 11 heteroatoms. The van der Waals surface area contributed by atoms with Crippen molar-refractivity contribution in [2.75, 3.05) is 106 Å². The Balaban J connectivity index is 3.16. The van der Waals surface area contributed by atoms with E-state index in [9.17, 15) is 9.59 Å². The fraction of sp³-hybridized carbons (Fsp3) is 0.950. The van der Waals surface area contributed by atoms with Crippen molar-refractivity contribution < 1.29 is 52.2 Å². The van der Waals surface area contributed by atoms with E-state index in [0.29, 0.717) is 105 Å². The minimum absolute atomic E-state index is 0.132. The molecule has 11 nitrogen and oxygen atoms in total. The van der Waals surface area contributed by atoms with E-state index in [1.54, 1.807) is 0 Å². The minimum Gasteiger partial charge on any atom is -0.463 e. The average molecular weight is 735 g/mol. The van der Waals surface area contributed by atoms with E-state index in [1.807, 2.05) is 0 Å². The van der Waals surface area contributed by atoms with Crippen LogP contribution in [0.15, 0.2) is 0 Å². The third-order valence-electron chi connectivity index (χ3n) is 8.18. The lowest BCUT2D eigenvalue weighted by Gasteiger charge is -2.09. The lowest BCUT2D eigenvalue weighted by Crippen LogP contribution is -2.15.